The molecule has 3 aromatic rings. The van der Waals surface area contributed by atoms with Gasteiger partial charge in [0.15, 0.2) is 5.65 Å². The number of halogens is 1. The van der Waals surface area contributed by atoms with Crippen molar-refractivity contribution in [2.24, 2.45) is 0 Å². The first-order valence-corrected chi connectivity index (χ1v) is 10.3. The molecule has 1 aliphatic rings. The predicted octanol–water partition coefficient (Wildman–Crippen LogP) is 5.74. The molecule has 158 valence electrons. The van der Waals surface area contributed by atoms with E-state index in [1.807, 2.05) is 24.0 Å². The number of likely N-dealkylation sites (tertiary alicyclic amines) is 1. The highest BCUT2D eigenvalue weighted by molar-refractivity contribution is 6.07. The van der Waals surface area contributed by atoms with Crippen molar-refractivity contribution in [1.82, 2.24) is 14.9 Å². The molecule has 1 unspecified atom stereocenters. The molecule has 1 amide bonds. The van der Waals surface area contributed by atoms with Gasteiger partial charge in [0, 0.05) is 35.6 Å². The van der Waals surface area contributed by atoms with Crippen molar-refractivity contribution in [3.05, 3.63) is 58.9 Å². The molecular formula is C24H29ClN4O. The zero-order chi connectivity index (χ0) is 20.5. The van der Waals surface area contributed by atoms with Crippen LogP contribution in [-0.2, 0) is 0 Å². The lowest BCUT2D eigenvalue weighted by atomic mass is 10.0. The van der Waals surface area contributed by atoms with E-state index in [9.17, 15) is 4.79 Å². The monoisotopic (exact) mass is 424 g/mol. The molecule has 3 heterocycles. The molecule has 1 N–H and O–H groups in total. The van der Waals surface area contributed by atoms with Gasteiger partial charge in [-0.1, -0.05) is 6.07 Å². The van der Waals surface area contributed by atoms with Crippen LogP contribution in [0.15, 0.2) is 36.5 Å². The van der Waals surface area contributed by atoms with Crippen molar-refractivity contribution in [2.75, 3.05) is 11.9 Å². The van der Waals surface area contributed by atoms with Crippen LogP contribution in [0, 0.1) is 20.8 Å². The third-order valence-electron chi connectivity index (χ3n) is 5.65. The first-order chi connectivity index (χ1) is 13.9. The standard InChI is InChI=1S/C24H28N4O.ClH/c1-15-11-16(2)13-19(12-15)27-22-20-9-8-17(3)26-23(20)25-14-21(22)24(29)28-10-6-5-7-18(28)4;/h8-9,11-14,18H,5-7,10H2,1-4H3,(H,25,26,27);1H. The van der Waals surface area contributed by atoms with Gasteiger partial charge < -0.3 is 10.2 Å². The molecule has 1 atom stereocenters. The second-order valence-electron chi connectivity index (χ2n) is 8.22. The summed E-state index contributed by atoms with van der Waals surface area (Å²) in [6, 6.07) is 10.6. The molecule has 0 radical (unpaired) electrons. The maximum Gasteiger partial charge on any atom is 0.257 e. The van der Waals surface area contributed by atoms with Gasteiger partial charge in [-0.2, -0.15) is 0 Å². The summed E-state index contributed by atoms with van der Waals surface area (Å²) in [6.07, 6.45) is 4.96. The minimum Gasteiger partial charge on any atom is -0.354 e. The summed E-state index contributed by atoms with van der Waals surface area (Å²) < 4.78 is 0. The van der Waals surface area contributed by atoms with Crippen molar-refractivity contribution in [3.63, 3.8) is 0 Å². The summed E-state index contributed by atoms with van der Waals surface area (Å²) in [5, 5.41) is 4.39. The molecule has 2 aromatic heterocycles. The maximum absolute atomic E-state index is 13.5. The van der Waals surface area contributed by atoms with E-state index < -0.39 is 0 Å². The van der Waals surface area contributed by atoms with E-state index in [0.717, 1.165) is 41.8 Å². The number of aryl methyl sites for hydroxylation is 3. The number of aromatic nitrogens is 2. The number of fused-ring (bicyclic) bond motifs is 1. The normalized spacial score (nSPS) is 16.3. The van der Waals surface area contributed by atoms with Crippen LogP contribution in [0.3, 0.4) is 0 Å². The maximum atomic E-state index is 13.5. The average Bonchev–Trinajstić information content (AvgIpc) is 2.67. The molecule has 6 heteroatoms. The number of anilines is 2. The van der Waals surface area contributed by atoms with Gasteiger partial charge >= 0.3 is 0 Å². The molecule has 1 aliphatic heterocycles. The summed E-state index contributed by atoms with van der Waals surface area (Å²) >= 11 is 0. The van der Waals surface area contributed by atoms with E-state index in [4.69, 9.17) is 0 Å². The third kappa shape index (κ3) is 4.41. The van der Waals surface area contributed by atoms with E-state index in [1.165, 1.54) is 17.5 Å². The third-order valence-corrected chi connectivity index (χ3v) is 5.65. The van der Waals surface area contributed by atoms with Gasteiger partial charge in [0.25, 0.3) is 5.91 Å². The number of piperidine rings is 1. The second-order valence-corrected chi connectivity index (χ2v) is 8.22. The number of amides is 1. The van der Waals surface area contributed by atoms with Gasteiger partial charge in [-0.15, -0.1) is 12.4 Å². The van der Waals surface area contributed by atoms with Crippen molar-refractivity contribution in [1.29, 1.82) is 0 Å². The molecule has 1 fully saturated rings. The summed E-state index contributed by atoms with van der Waals surface area (Å²) in [7, 11) is 0. The molecule has 1 aromatic carbocycles. The fourth-order valence-corrected chi connectivity index (χ4v) is 4.21. The molecule has 5 nitrogen and oxygen atoms in total. The summed E-state index contributed by atoms with van der Waals surface area (Å²) in [4.78, 5) is 24.6. The van der Waals surface area contributed by atoms with Gasteiger partial charge in [0.05, 0.1) is 11.3 Å². The number of hydrogen-bond acceptors (Lipinski definition) is 4. The molecule has 0 bridgehead atoms. The van der Waals surface area contributed by atoms with E-state index in [0.29, 0.717) is 11.2 Å². The Bertz CT molecular complexity index is 1060. The summed E-state index contributed by atoms with van der Waals surface area (Å²) in [5.74, 6) is 0.0408. The van der Waals surface area contributed by atoms with E-state index in [2.05, 4.69) is 54.3 Å². The molecule has 0 aliphatic carbocycles. The Labute approximate surface area is 184 Å². The number of carbonyl (C=O) groups is 1. The van der Waals surface area contributed by atoms with Crippen LogP contribution < -0.4 is 5.32 Å². The number of benzene rings is 1. The Balaban J connectivity index is 0.00000256. The minimum atomic E-state index is 0. The van der Waals surface area contributed by atoms with Crippen molar-refractivity contribution in [3.8, 4) is 0 Å². The van der Waals surface area contributed by atoms with E-state index in [-0.39, 0.29) is 24.4 Å². The fraction of sp³-hybridized carbons (Fsp3) is 0.375. The van der Waals surface area contributed by atoms with E-state index in [1.54, 1.807) is 6.20 Å². The quantitative estimate of drug-likeness (QED) is 0.582. The van der Waals surface area contributed by atoms with Crippen molar-refractivity contribution < 1.29 is 4.79 Å². The van der Waals surface area contributed by atoms with Crippen LogP contribution in [0.2, 0.25) is 0 Å². The smallest absolute Gasteiger partial charge is 0.257 e. The molecule has 0 saturated carbocycles. The van der Waals surface area contributed by atoms with Crippen LogP contribution in [0.25, 0.3) is 11.0 Å². The Hall–Kier alpha value is -2.66. The van der Waals surface area contributed by atoms with Crippen LogP contribution >= 0.6 is 12.4 Å². The Morgan fingerprint density at radius 2 is 1.83 bits per heavy atom. The summed E-state index contributed by atoms with van der Waals surface area (Å²) in [5.41, 5.74) is 6.28. The zero-order valence-electron chi connectivity index (χ0n) is 18.0. The molecule has 4 rings (SSSR count). The van der Waals surface area contributed by atoms with Gasteiger partial charge in [0.1, 0.15) is 0 Å². The lowest BCUT2D eigenvalue weighted by molar-refractivity contribution is 0.0636. The molecule has 1 saturated heterocycles. The first-order valence-electron chi connectivity index (χ1n) is 10.3. The number of pyridine rings is 2. The predicted molar refractivity (Wildman–Crippen MR) is 125 cm³/mol. The number of nitrogens with one attached hydrogen (secondary N) is 1. The second kappa shape index (κ2) is 9.00. The highest BCUT2D eigenvalue weighted by atomic mass is 35.5. The van der Waals surface area contributed by atoms with Gasteiger partial charge in [-0.25, -0.2) is 9.97 Å². The number of carbonyl (C=O) groups excluding carboxylic acids is 1. The van der Waals surface area contributed by atoms with Gasteiger partial charge in [0.2, 0.25) is 0 Å². The number of hydrogen-bond donors (Lipinski definition) is 1. The Morgan fingerprint density at radius 3 is 2.53 bits per heavy atom. The SMILES string of the molecule is Cc1cc(C)cc(Nc2c(C(=O)N3CCCCC3C)cnc3nc(C)ccc23)c1.Cl. The molecule has 0 spiro atoms. The average molecular weight is 425 g/mol. The van der Waals surface area contributed by atoms with Crippen molar-refractivity contribution >= 4 is 40.7 Å². The van der Waals surface area contributed by atoms with Crippen LogP contribution in [-0.4, -0.2) is 33.4 Å². The highest BCUT2D eigenvalue weighted by Gasteiger charge is 2.27. The van der Waals surface area contributed by atoms with E-state index >= 15 is 0 Å². The lowest BCUT2D eigenvalue weighted by Gasteiger charge is -2.34. The topological polar surface area (TPSA) is 58.1 Å². The fourth-order valence-electron chi connectivity index (χ4n) is 4.21. The minimum absolute atomic E-state index is 0. The largest absolute Gasteiger partial charge is 0.354 e. The zero-order valence-corrected chi connectivity index (χ0v) is 18.8. The molecular weight excluding hydrogens is 396 g/mol. The molecule has 30 heavy (non-hydrogen) atoms. The van der Waals surface area contributed by atoms with Crippen molar-refractivity contribution in [2.45, 2.75) is 53.0 Å². The van der Waals surface area contributed by atoms with Crippen LogP contribution in [0.5, 0.6) is 0 Å². The Morgan fingerprint density at radius 1 is 1.10 bits per heavy atom. The lowest BCUT2D eigenvalue weighted by Crippen LogP contribution is -2.42. The summed E-state index contributed by atoms with van der Waals surface area (Å²) in [6.45, 7) is 9.04. The number of nitrogens with zero attached hydrogens (tertiary/aromatic N) is 3. The van der Waals surface area contributed by atoms with Gasteiger partial charge in [-0.05, 0) is 82.3 Å². The number of rotatable bonds is 3. The Kier molecular flexibility index (Phi) is 6.61. The first kappa shape index (κ1) is 22.0. The highest BCUT2D eigenvalue weighted by Crippen LogP contribution is 2.31. The van der Waals surface area contributed by atoms with Crippen LogP contribution in [0.1, 0.15) is 53.4 Å². The van der Waals surface area contributed by atoms with Gasteiger partial charge in [-0.3, -0.25) is 4.79 Å². The van der Waals surface area contributed by atoms with Crippen LogP contribution in [0.4, 0.5) is 11.4 Å².